The average molecular weight is 285 g/mol. The number of hydrogen-bond donors (Lipinski definition) is 3. The number of aromatic amines is 1. The Morgan fingerprint density at radius 2 is 2.11 bits per heavy atom. The Balaban J connectivity index is 1.96. The van der Waals surface area contributed by atoms with E-state index in [4.69, 9.17) is 0 Å². The second-order valence-electron chi connectivity index (χ2n) is 5.79. The molecule has 5 nitrogen and oxygen atoms in total. The number of rotatable bonds is 6. The van der Waals surface area contributed by atoms with Gasteiger partial charge in [0.1, 0.15) is 0 Å². The molecule has 1 aromatic rings. The molecular weight excluding hydrogens is 262 g/mol. The fourth-order valence-electron chi connectivity index (χ4n) is 2.28. The van der Waals surface area contributed by atoms with Crippen molar-refractivity contribution in [1.29, 1.82) is 0 Å². The maximum Gasteiger partial charge on any atom is 0.242 e. The van der Waals surface area contributed by atoms with Crippen LogP contribution in [0.2, 0.25) is 0 Å². The van der Waals surface area contributed by atoms with Crippen molar-refractivity contribution in [3.63, 3.8) is 0 Å². The lowest BCUT2D eigenvalue weighted by molar-refractivity contribution is 0.270. The molecule has 0 atom stereocenters. The van der Waals surface area contributed by atoms with Gasteiger partial charge in [0.25, 0.3) is 0 Å². The van der Waals surface area contributed by atoms with Gasteiger partial charge in [-0.25, -0.2) is 13.1 Å². The Morgan fingerprint density at radius 1 is 1.42 bits per heavy atom. The Morgan fingerprint density at radius 3 is 2.68 bits per heavy atom. The molecule has 2 rings (SSSR count). The monoisotopic (exact) mass is 285 g/mol. The van der Waals surface area contributed by atoms with E-state index in [2.05, 4.69) is 35.8 Å². The van der Waals surface area contributed by atoms with E-state index in [1.165, 1.54) is 0 Å². The molecule has 1 aromatic heterocycles. The van der Waals surface area contributed by atoms with Gasteiger partial charge in [-0.15, -0.1) is 0 Å². The smallest absolute Gasteiger partial charge is 0.242 e. The van der Waals surface area contributed by atoms with Crippen LogP contribution in [0.5, 0.6) is 0 Å². The van der Waals surface area contributed by atoms with Crippen LogP contribution in [0.1, 0.15) is 39.3 Å². The summed E-state index contributed by atoms with van der Waals surface area (Å²) in [5.74, 6) is 0.629. The molecule has 3 N–H and O–H groups in total. The molecule has 1 saturated carbocycles. The molecule has 0 amide bonds. The number of nitrogens with one attached hydrogen (secondary N) is 3. The zero-order chi connectivity index (χ0) is 14.0. The minimum absolute atomic E-state index is 0.104. The standard InChI is InChI=1S/C13H23N3O2S/c1-9(2)14-7-12-6-13(8-15-12)19(17,18)16-11-4-10(3)5-11/h6,8-11,14-16H,4-5,7H2,1-3H3. The number of H-pyrrole nitrogens is 1. The van der Waals surface area contributed by atoms with Crippen LogP contribution in [-0.2, 0) is 16.6 Å². The predicted octanol–water partition coefficient (Wildman–Crippen LogP) is 1.59. The molecule has 1 fully saturated rings. The first kappa shape index (κ1) is 14.6. The van der Waals surface area contributed by atoms with Gasteiger partial charge in [-0.3, -0.25) is 0 Å². The minimum atomic E-state index is -3.37. The summed E-state index contributed by atoms with van der Waals surface area (Å²) in [5, 5.41) is 3.25. The Kier molecular flexibility index (Phi) is 4.32. The first-order valence-electron chi connectivity index (χ1n) is 6.80. The van der Waals surface area contributed by atoms with E-state index in [0.29, 0.717) is 23.4 Å². The van der Waals surface area contributed by atoms with Gasteiger partial charge in [0.15, 0.2) is 0 Å². The van der Waals surface area contributed by atoms with Gasteiger partial charge in [-0.1, -0.05) is 20.8 Å². The van der Waals surface area contributed by atoms with Crippen molar-refractivity contribution in [2.75, 3.05) is 0 Å². The lowest BCUT2D eigenvalue weighted by Gasteiger charge is -2.32. The van der Waals surface area contributed by atoms with Crippen molar-refractivity contribution < 1.29 is 8.42 Å². The average Bonchev–Trinajstić information content (AvgIpc) is 2.73. The lowest BCUT2D eigenvalue weighted by atomic mass is 9.83. The van der Waals surface area contributed by atoms with E-state index in [0.717, 1.165) is 18.5 Å². The number of aromatic nitrogens is 1. The third-order valence-electron chi connectivity index (χ3n) is 3.42. The lowest BCUT2D eigenvalue weighted by Crippen LogP contribution is -2.43. The van der Waals surface area contributed by atoms with E-state index >= 15 is 0 Å². The number of sulfonamides is 1. The summed E-state index contributed by atoms with van der Waals surface area (Å²) >= 11 is 0. The van der Waals surface area contributed by atoms with Crippen LogP contribution < -0.4 is 10.0 Å². The van der Waals surface area contributed by atoms with Crippen molar-refractivity contribution in [2.24, 2.45) is 5.92 Å². The highest BCUT2D eigenvalue weighted by Crippen LogP contribution is 2.27. The first-order valence-corrected chi connectivity index (χ1v) is 8.28. The van der Waals surface area contributed by atoms with Gasteiger partial charge in [0.05, 0.1) is 4.90 Å². The summed E-state index contributed by atoms with van der Waals surface area (Å²) in [6.45, 7) is 6.89. The molecular formula is C13H23N3O2S. The van der Waals surface area contributed by atoms with Gasteiger partial charge in [0.2, 0.25) is 10.0 Å². The molecule has 0 spiro atoms. The van der Waals surface area contributed by atoms with Crippen LogP contribution in [0.4, 0.5) is 0 Å². The molecule has 19 heavy (non-hydrogen) atoms. The molecule has 1 heterocycles. The topological polar surface area (TPSA) is 74.0 Å². The van der Waals surface area contributed by atoms with E-state index < -0.39 is 10.0 Å². The van der Waals surface area contributed by atoms with Gasteiger partial charge >= 0.3 is 0 Å². The summed E-state index contributed by atoms with van der Waals surface area (Å²) in [4.78, 5) is 3.33. The SMILES string of the molecule is CC1CC(NS(=O)(=O)c2c[nH]c(CNC(C)C)c2)C1. The summed E-state index contributed by atoms with van der Waals surface area (Å²) in [6, 6.07) is 2.17. The van der Waals surface area contributed by atoms with Crippen molar-refractivity contribution in [2.45, 2.75) is 57.1 Å². The van der Waals surface area contributed by atoms with Crippen LogP contribution in [0.25, 0.3) is 0 Å². The highest BCUT2D eigenvalue weighted by atomic mass is 32.2. The summed E-state index contributed by atoms with van der Waals surface area (Å²) in [7, 11) is -3.37. The third-order valence-corrected chi connectivity index (χ3v) is 4.92. The first-order chi connectivity index (χ1) is 8.87. The van der Waals surface area contributed by atoms with Crippen LogP contribution in [0, 0.1) is 5.92 Å². The van der Waals surface area contributed by atoms with Gasteiger partial charge in [0, 0.05) is 30.5 Å². The Bertz CT molecular complexity index is 516. The van der Waals surface area contributed by atoms with E-state index in [-0.39, 0.29) is 6.04 Å². The second-order valence-corrected chi connectivity index (χ2v) is 7.50. The molecule has 0 unspecified atom stereocenters. The van der Waals surface area contributed by atoms with E-state index in [1.807, 2.05) is 0 Å². The molecule has 1 aliphatic rings. The van der Waals surface area contributed by atoms with Crippen molar-refractivity contribution in [3.8, 4) is 0 Å². The van der Waals surface area contributed by atoms with Crippen LogP contribution in [0.15, 0.2) is 17.2 Å². The van der Waals surface area contributed by atoms with Crippen molar-refractivity contribution in [1.82, 2.24) is 15.0 Å². The van der Waals surface area contributed by atoms with Gasteiger partial charge in [-0.05, 0) is 24.8 Å². The summed E-state index contributed by atoms with van der Waals surface area (Å²) < 4.78 is 27.0. The van der Waals surface area contributed by atoms with E-state index in [9.17, 15) is 8.42 Å². The maximum absolute atomic E-state index is 12.1. The molecule has 6 heteroatoms. The summed E-state index contributed by atoms with van der Waals surface area (Å²) in [5.41, 5.74) is 0.885. The summed E-state index contributed by atoms with van der Waals surface area (Å²) in [6.07, 6.45) is 3.43. The molecule has 0 aromatic carbocycles. The van der Waals surface area contributed by atoms with Crippen LogP contribution in [-0.4, -0.2) is 25.5 Å². The highest BCUT2D eigenvalue weighted by Gasteiger charge is 2.30. The van der Waals surface area contributed by atoms with Crippen LogP contribution >= 0.6 is 0 Å². The quantitative estimate of drug-likeness (QED) is 0.743. The fourth-order valence-corrected chi connectivity index (χ4v) is 3.56. The molecule has 0 aliphatic heterocycles. The minimum Gasteiger partial charge on any atom is -0.363 e. The largest absolute Gasteiger partial charge is 0.363 e. The van der Waals surface area contributed by atoms with Crippen LogP contribution in [0.3, 0.4) is 0 Å². The number of hydrogen-bond acceptors (Lipinski definition) is 3. The molecule has 108 valence electrons. The highest BCUT2D eigenvalue weighted by molar-refractivity contribution is 7.89. The van der Waals surface area contributed by atoms with E-state index in [1.54, 1.807) is 12.3 Å². The predicted molar refractivity (Wildman–Crippen MR) is 75.3 cm³/mol. The third kappa shape index (κ3) is 3.81. The second kappa shape index (κ2) is 5.64. The zero-order valence-corrected chi connectivity index (χ0v) is 12.5. The van der Waals surface area contributed by atoms with Crippen molar-refractivity contribution in [3.05, 3.63) is 18.0 Å². The fraction of sp³-hybridized carbons (Fsp3) is 0.692. The molecule has 1 aliphatic carbocycles. The van der Waals surface area contributed by atoms with Crippen molar-refractivity contribution >= 4 is 10.0 Å². The van der Waals surface area contributed by atoms with Gasteiger partial charge in [-0.2, -0.15) is 0 Å². The Hall–Kier alpha value is -0.850. The van der Waals surface area contributed by atoms with Gasteiger partial charge < -0.3 is 10.3 Å². The zero-order valence-electron chi connectivity index (χ0n) is 11.7. The molecule has 0 saturated heterocycles. The maximum atomic E-state index is 12.1. The molecule has 0 bridgehead atoms. The molecule has 0 radical (unpaired) electrons. The normalized spacial score (nSPS) is 23.6. The Labute approximate surface area is 115 Å².